The highest BCUT2D eigenvalue weighted by Gasteiger charge is 2.06. The number of carbonyl (C=O) groups is 1. The van der Waals surface area contributed by atoms with E-state index in [-0.39, 0.29) is 12.5 Å². The summed E-state index contributed by atoms with van der Waals surface area (Å²) in [6.07, 6.45) is 0. The molecule has 1 aromatic carbocycles. The van der Waals surface area contributed by atoms with Crippen LogP contribution in [0.25, 0.3) is 0 Å². The van der Waals surface area contributed by atoms with Crippen LogP contribution < -0.4 is 11.1 Å². The van der Waals surface area contributed by atoms with Crippen molar-refractivity contribution in [1.29, 1.82) is 0 Å². The number of nitrogens with two attached hydrogens (primary N) is 1. The molecule has 0 spiro atoms. The molecule has 17 heavy (non-hydrogen) atoms. The Balaban J connectivity index is 2.47. The lowest BCUT2D eigenvalue weighted by atomic mass is 10.2. The molecule has 0 aliphatic heterocycles. The van der Waals surface area contributed by atoms with Gasteiger partial charge in [0, 0.05) is 12.3 Å². The molecule has 4 nitrogen and oxygen atoms in total. The molecule has 0 saturated carbocycles. The Morgan fingerprint density at radius 2 is 2.24 bits per heavy atom. The smallest absolute Gasteiger partial charge is 0.250 e. The van der Waals surface area contributed by atoms with Gasteiger partial charge in [0.05, 0.1) is 10.7 Å². The highest BCUT2D eigenvalue weighted by atomic mass is 35.5. The predicted molar refractivity (Wildman–Crippen MR) is 70.2 cm³/mol. The lowest BCUT2D eigenvalue weighted by Gasteiger charge is -2.09. The minimum Gasteiger partial charge on any atom is -0.399 e. The molecule has 5 heteroatoms. The van der Waals surface area contributed by atoms with Crippen molar-refractivity contribution in [2.45, 2.75) is 13.8 Å². The lowest BCUT2D eigenvalue weighted by molar-refractivity contribution is -0.120. The van der Waals surface area contributed by atoms with Crippen LogP contribution in [0.4, 0.5) is 11.4 Å². The fraction of sp³-hybridized carbons (Fsp3) is 0.417. The first-order valence-electron chi connectivity index (χ1n) is 5.41. The number of benzene rings is 1. The van der Waals surface area contributed by atoms with Crippen molar-refractivity contribution < 1.29 is 9.53 Å². The van der Waals surface area contributed by atoms with Crippen molar-refractivity contribution in [2.24, 2.45) is 5.92 Å². The molecule has 0 aliphatic carbocycles. The molecular weight excluding hydrogens is 240 g/mol. The molecule has 0 fully saturated rings. The van der Waals surface area contributed by atoms with E-state index in [1.807, 2.05) is 13.8 Å². The number of anilines is 2. The summed E-state index contributed by atoms with van der Waals surface area (Å²) in [5.74, 6) is 0.164. The van der Waals surface area contributed by atoms with Gasteiger partial charge in [-0.15, -0.1) is 0 Å². The Hall–Kier alpha value is -1.26. The summed E-state index contributed by atoms with van der Waals surface area (Å²) in [6, 6.07) is 4.93. The van der Waals surface area contributed by atoms with Crippen LogP contribution in [0.5, 0.6) is 0 Å². The maximum Gasteiger partial charge on any atom is 0.250 e. The van der Waals surface area contributed by atoms with E-state index in [1.54, 1.807) is 18.2 Å². The SMILES string of the molecule is CC(C)COCC(=O)Nc1cc(N)ccc1Cl. The van der Waals surface area contributed by atoms with Gasteiger partial charge in [0.15, 0.2) is 0 Å². The molecule has 1 rings (SSSR count). The Kier molecular flexibility index (Phi) is 5.25. The summed E-state index contributed by atoms with van der Waals surface area (Å²) >= 11 is 5.91. The largest absolute Gasteiger partial charge is 0.399 e. The summed E-state index contributed by atoms with van der Waals surface area (Å²) < 4.78 is 5.21. The number of nitrogens with one attached hydrogen (secondary N) is 1. The van der Waals surface area contributed by atoms with E-state index in [1.165, 1.54) is 0 Å². The lowest BCUT2D eigenvalue weighted by Crippen LogP contribution is -2.20. The normalized spacial score (nSPS) is 10.6. The third-order valence-corrected chi connectivity index (χ3v) is 2.28. The van der Waals surface area contributed by atoms with Crippen molar-refractivity contribution in [1.82, 2.24) is 0 Å². The summed E-state index contributed by atoms with van der Waals surface area (Å²) in [6.45, 7) is 4.61. The quantitative estimate of drug-likeness (QED) is 0.796. The topological polar surface area (TPSA) is 64.3 Å². The van der Waals surface area contributed by atoms with Crippen LogP contribution in [-0.4, -0.2) is 19.1 Å². The molecule has 0 aliphatic rings. The predicted octanol–water partition coefficient (Wildman–Crippen LogP) is 2.53. The fourth-order valence-corrected chi connectivity index (χ4v) is 1.38. The molecule has 0 unspecified atom stereocenters. The number of halogens is 1. The van der Waals surface area contributed by atoms with Crippen LogP contribution in [0.2, 0.25) is 5.02 Å². The zero-order valence-corrected chi connectivity index (χ0v) is 10.8. The van der Waals surface area contributed by atoms with Crippen LogP contribution in [0.15, 0.2) is 18.2 Å². The number of carbonyl (C=O) groups excluding carboxylic acids is 1. The van der Waals surface area contributed by atoms with Gasteiger partial charge in [-0.2, -0.15) is 0 Å². The maximum absolute atomic E-state index is 11.5. The molecule has 94 valence electrons. The summed E-state index contributed by atoms with van der Waals surface area (Å²) in [5.41, 5.74) is 6.66. The van der Waals surface area contributed by atoms with Crippen LogP contribution >= 0.6 is 11.6 Å². The van der Waals surface area contributed by atoms with Gasteiger partial charge >= 0.3 is 0 Å². The number of hydrogen-bond acceptors (Lipinski definition) is 3. The second kappa shape index (κ2) is 6.47. The Morgan fingerprint density at radius 1 is 1.53 bits per heavy atom. The molecule has 0 radical (unpaired) electrons. The monoisotopic (exact) mass is 256 g/mol. The fourth-order valence-electron chi connectivity index (χ4n) is 1.21. The van der Waals surface area contributed by atoms with E-state index >= 15 is 0 Å². The Bertz CT molecular complexity index is 394. The molecule has 1 amide bonds. The van der Waals surface area contributed by atoms with Gasteiger partial charge in [-0.25, -0.2) is 0 Å². The molecule has 0 atom stereocenters. The first kappa shape index (κ1) is 13.8. The number of hydrogen-bond donors (Lipinski definition) is 2. The zero-order chi connectivity index (χ0) is 12.8. The highest BCUT2D eigenvalue weighted by molar-refractivity contribution is 6.33. The van der Waals surface area contributed by atoms with Crippen LogP contribution in [0.1, 0.15) is 13.8 Å². The number of rotatable bonds is 5. The van der Waals surface area contributed by atoms with Gasteiger partial charge in [-0.3, -0.25) is 4.79 Å². The highest BCUT2D eigenvalue weighted by Crippen LogP contribution is 2.23. The second-order valence-electron chi connectivity index (χ2n) is 4.20. The number of amides is 1. The number of ether oxygens (including phenoxy) is 1. The van der Waals surface area contributed by atoms with Crippen molar-refractivity contribution >= 4 is 28.9 Å². The van der Waals surface area contributed by atoms with Gasteiger partial charge in [0.25, 0.3) is 0 Å². The van der Waals surface area contributed by atoms with E-state index < -0.39 is 0 Å². The average molecular weight is 257 g/mol. The van der Waals surface area contributed by atoms with E-state index in [4.69, 9.17) is 22.1 Å². The van der Waals surface area contributed by atoms with Crippen molar-refractivity contribution in [2.75, 3.05) is 24.3 Å². The van der Waals surface area contributed by atoms with Gasteiger partial charge in [-0.1, -0.05) is 25.4 Å². The van der Waals surface area contributed by atoms with Crippen molar-refractivity contribution in [3.63, 3.8) is 0 Å². The third-order valence-electron chi connectivity index (χ3n) is 1.95. The molecule has 3 N–H and O–H groups in total. The van der Waals surface area contributed by atoms with Gasteiger partial charge in [0.2, 0.25) is 5.91 Å². The summed E-state index contributed by atoms with van der Waals surface area (Å²) in [5, 5.41) is 3.10. The Labute approximate surface area is 106 Å². The summed E-state index contributed by atoms with van der Waals surface area (Å²) in [4.78, 5) is 11.5. The number of nitrogen functional groups attached to an aromatic ring is 1. The molecule has 0 bridgehead atoms. The van der Waals surface area contributed by atoms with Gasteiger partial charge in [-0.05, 0) is 24.1 Å². The van der Waals surface area contributed by atoms with Crippen molar-refractivity contribution in [3.8, 4) is 0 Å². The average Bonchev–Trinajstić information content (AvgIpc) is 2.23. The van der Waals surface area contributed by atoms with E-state index in [0.717, 1.165) is 0 Å². The van der Waals surface area contributed by atoms with Gasteiger partial charge < -0.3 is 15.8 Å². The molecule has 0 aromatic heterocycles. The van der Waals surface area contributed by atoms with Crippen molar-refractivity contribution in [3.05, 3.63) is 23.2 Å². The zero-order valence-electron chi connectivity index (χ0n) is 10.00. The van der Waals surface area contributed by atoms with E-state index in [2.05, 4.69) is 5.32 Å². The van der Waals surface area contributed by atoms with Crippen LogP contribution in [0.3, 0.4) is 0 Å². The minimum atomic E-state index is -0.238. The van der Waals surface area contributed by atoms with E-state index in [9.17, 15) is 4.79 Å². The second-order valence-corrected chi connectivity index (χ2v) is 4.60. The third kappa shape index (κ3) is 5.06. The molecule has 0 saturated heterocycles. The van der Waals surface area contributed by atoms with E-state index in [0.29, 0.717) is 28.9 Å². The molecule has 1 aromatic rings. The standard InChI is InChI=1S/C12H17ClN2O2/c1-8(2)6-17-7-12(16)15-11-5-9(14)3-4-10(11)13/h3-5,8H,6-7,14H2,1-2H3,(H,15,16). The van der Waals surface area contributed by atoms with Gasteiger partial charge in [0.1, 0.15) is 6.61 Å². The molecular formula is C12H17ClN2O2. The first-order valence-corrected chi connectivity index (χ1v) is 5.79. The van der Waals surface area contributed by atoms with Crippen LogP contribution in [0, 0.1) is 5.92 Å². The summed E-state index contributed by atoms with van der Waals surface area (Å²) in [7, 11) is 0. The minimum absolute atomic E-state index is 0.0172. The first-order chi connectivity index (χ1) is 7.99. The Morgan fingerprint density at radius 3 is 2.88 bits per heavy atom. The van der Waals surface area contributed by atoms with Crippen LogP contribution in [-0.2, 0) is 9.53 Å². The molecule has 0 heterocycles. The maximum atomic E-state index is 11.5.